The van der Waals surface area contributed by atoms with Gasteiger partial charge in [-0.05, 0) is 50.6 Å². The van der Waals surface area contributed by atoms with Gasteiger partial charge in [0.2, 0.25) is 5.88 Å². The first kappa shape index (κ1) is 22.3. The van der Waals surface area contributed by atoms with Crippen molar-refractivity contribution in [1.29, 1.82) is 0 Å². The number of ether oxygens (including phenoxy) is 2. The highest BCUT2D eigenvalue weighted by atomic mass is 19.1. The number of nitrogens with zero attached hydrogens (tertiary/aromatic N) is 3. The molecule has 2 aromatic rings. The number of hydrogen-bond acceptors (Lipinski definition) is 5. The molecule has 8 nitrogen and oxygen atoms in total. The van der Waals surface area contributed by atoms with E-state index in [9.17, 15) is 14.0 Å². The lowest BCUT2D eigenvalue weighted by atomic mass is 10.2. The number of halogens is 1. The van der Waals surface area contributed by atoms with Crippen LogP contribution in [0.25, 0.3) is 0 Å². The molecule has 1 fully saturated rings. The minimum Gasteiger partial charge on any atom is -0.444 e. The number of amides is 3. The van der Waals surface area contributed by atoms with Crippen LogP contribution >= 0.6 is 0 Å². The van der Waals surface area contributed by atoms with E-state index in [0.717, 1.165) is 5.56 Å². The molecule has 0 radical (unpaired) electrons. The summed E-state index contributed by atoms with van der Waals surface area (Å²) >= 11 is 0. The molecule has 3 amide bonds. The Morgan fingerprint density at radius 3 is 2.26 bits per heavy atom. The molecule has 1 aromatic carbocycles. The SMILES string of the molecule is CC(C)(C)OC(=O)N1CCN(C(=O)NCc2ccc(Oc3ccc(F)cc3)nc2)CC1. The summed E-state index contributed by atoms with van der Waals surface area (Å²) in [5.74, 6) is 0.526. The quantitative estimate of drug-likeness (QED) is 0.798. The summed E-state index contributed by atoms with van der Waals surface area (Å²) < 4.78 is 23.9. The molecule has 31 heavy (non-hydrogen) atoms. The van der Waals surface area contributed by atoms with Crippen molar-refractivity contribution in [2.45, 2.75) is 32.9 Å². The van der Waals surface area contributed by atoms with Gasteiger partial charge < -0.3 is 24.6 Å². The number of nitrogens with one attached hydrogen (secondary N) is 1. The van der Waals surface area contributed by atoms with Gasteiger partial charge in [0.15, 0.2) is 0 Å². The van der Waals surface area contributed by atoms with E-state index < -0.39 is 5.60 Å². The molecule has 0 spiro atoms. The van der Waals surface area contributed by atoms with Crippen molar-refractivity contribution in [3.8, 4) is 11.6 Å². The van der Waals surface area contributed by atoms with Crippen LogP contribution in [0, 0.1) is 5.82 Å². The zero-order valence-corrected chi connectivity index (χ0v) is 17.9. The minimum absolute atomic E-state index is 0.199. The number of benzene rings is 1. The van der Waals surface area contributed by atoms with E-state index in [1.54, 1.807) is 28.1 Å². The fourth-order valence-electron chi connectivity index (χ4n) is 2.91. The van der Waals surface area contributed by atoms with Crippen LogP contribution in [0.15, 0.2) is 42.6 Å². The molecule has 1 aromatic heterocycles. The van der Waals surface area contributed by atoms with Gasteiger partial charge in [0.25, 0.3) is 0 Å². The van der Waals surface area contributed by atoms with E-state index in [1.165, 1.54) is 24.3 Å². The first-order valence-electron chi connectivity index (χ1n) is 10.1. The summed E-state index contributed by atoms with van der Waals surface area (Å²) in [6.45, 7) is 7.52. The minimum atomic E-state index is -0.542. The van der Waals surface area contributed by atoms with Crippen molar-refractivity contribution in [3.05, 3.63) is 54.0 Å². The summed E-state index contributed by atoms with van der Waals surface area (Å²) in [6, 6.07) is 8.95. The fourth-order valence-corrected chi connectivity index (χ4v) is 2.91. The van der Waals surface area contributed by atoms with Crippen molar-refractivity contribution in [2.24, 2.45) is 0 Å². The van der Waals surface area contributed by atoms with E-state index in [-0.39, 0.29) is 17.9 Å². The van der Waals surface area contributed by atoms with Crippen LogP contribution in [0.4, 0.5) is 14.0 Å². The van der Waals surface area contributed by atoms with Crippen LogP contribution < -0.4 is 10.1 Å². The fraction of sp³-hybridized carbons (Fsp3) is 0.409. The van der Waals surface area contributed by atoms with Gasteiger partial charge in [-0.15, -0.1) is 0 Å². The Hall–Kier alpha value is -3.36. The smallest absolute Gasteiger partial charge is 0.410 e. The van der Waals surface area contributed by atoms with Crippen LogP contribution in [-0.4, -0.2) is 58.7 Å². The summed E-state index contributed by atoms with van der Waals surface area (Å²) in [5, 5.41) is 2.86. The number of piperazine rings is 1. The first-order valence-corrected chi connectivity index (χ1v) is 10.1. The molecule has 9 heteroatoms. The van der Waals surface area contributed by atoms with Gasteiger partial charge >= 0.3 is 12.1 Å². The predicted molar refractivity (Wildman–Crippen MR) is 112 cm³/mol. The summed E-state index contributed by atoms with van der Waals surface area (Å²) in [6.07, 6.45) is 1.25. The van der Waals surface area contributed by atoms with E-state index in [1.807, 2.05) is 20.8 Å². The molecule has 1 aliphatic heterocycles. The summed E-state index contributed by atoms with van der Waals surface area (Å²) in [7, 11) is 0. The van der Waals surface area contributed by atoms with E-state index in [4.69, 9.17) is 9.47 Å². The second-order valence-electron chi connectivity index (χ2n) is 8.17. The Labute approximate surface area is 181 Å². The number of urea groups is 1. The average Bonchev–Trinajstić information content (AvgIpc) is 2.73. The third-order valence-corrected chi connectivity index (χ3v) is 4.50. The van der Waals surface area contributed by atoms with E-state index >= 15 is 0 Å². The van der Waals surface area contributed by atoms with Crippen molar-refractivity contribution in [3.63, 3.8) is 0 Å². The van der Waals surface area contributed by atoms with Crippen LogP contribution in [0.1, 0.15) is 26.3 Å². The number of carbonyl (C=O) groups excluding carboxylic acids is 2. The number of carbonyl (C=O) groups is 2. The number of hydrogen-bond donors (Lipinski definition) is 1. The van der Waals surface area contributed by atoms with Gasteiger partial charge in [-0.1, -0.05) is 6.07 Å². The van der Waals surface area contributed by atoms with Crippen LogP contribution in [0.3, 0.4) is 0 Å². The number of rotatable bonds is 4. The molecule has 3 rings (SSSR count). The Bertz CT molecular complexity index is 889. The zero-order valence-electron chi connectivity index (χ0n) is 17.9. The molecule has 2 heterocycles. The van der Waals surface area contributed by atoms with Crippen LogP contribution in [-0.2, 0) is 11.3 Å². The average molecular weight is 430 g/mol. The van der Waals surface area contributed by atoms with Gasteiger partial charge in [-0.3, -0.25) is 0 Å². The standard InChI is InChI=1S/C22H27FN4O4/c1-22(2,3)31-21(29)27-12-10-26(11-13-27)20(28)25-15-16-4-9-19(24-14-16)30-18-7-5-17(23)6-8-18/h4-9,14H,10-13,15H2,1-3H3,(H,25,28). The lowest BCUT2D eigenvalue weighted by Gasteiger charge is -2.35. The third kappa shape index (κ3) is 6.84. The monoisotopic (exact) mass is 430 g/mol. The lowest BCUT2D eigenvalue weighted by Crippen LogP contribution is -2.53. The molecular weight excluding hydrogens is 403 g/mol. The van der Waals surface area contributed by atoms with Crippen LogP contribution in [0.5, 0.6) is 11.6 Å². The Morgan fingerprint density at radius 1 is 1.03 bits per heavy atom. The molecule has 0 unspecified atom stereocenters. The molecule has 1 saturated heterocycles. The third-order valence-electron chi connectivity index (χ3n) is 4.50. The van der Waals surface area contributed by atoms with Gasteiger partial charge in [-0.25, -0.2) is 19.0 Å². The van der Waals surface area contributed by atoms with Gasteiger partial charge in [0, 0.05) is 45.0 Å². The van der Waals surface area contributed by atoms with Crippen molar-refractivity contribution in [2.75, 3.05) is 26.2 Å². The van der Waals surface area contributed by atoms with Gasteiger partial charge in [-0.2, -0.15) is 0 Å². The first-order chi connectivity index (χ1) is 14.7. The topological polar surface area (TPSA) is 84.0 Å². The molecular formula is C22H27FN4O4. The molecule has 0 atom stereocenters. The molecule has 0 saturated carbocycles. The maximum absolute atomic E-state index is 12.9. The summed E-state index contributed by atoms with van der Waals surface area (Å²) in [4.78, 5) is 32.0. The molecule has 166 valence electrons. The lowest BCUT2D eigenvalue weighted by molar-refractivity contribution is 0.0170. The maximum atomic E-state index is 12.9. The second-order valence-corrected chi connectivity index (χ2v) is 8.17. The van der Waals surface area contributed by atoms with Crippen LogP contribution in [0.2, 0.25) is 0 Å². The Kier molecular flexibility index (Phi) is 6.94. The molecule has 1 aliphatic rings. The molecule has 0 aliphatic carbocycles. The summed E-state index contributed by atoms with van der Waals surface area (Å²) in [5.41, 5.74) is 0.270. The molecule has 1 N–H and O–H groups in total. The maximum Gasteiger partial charge on any atom is 0.410 e. The predicted octanol–water partition coefficient (Wildman–Crippen LogP) is 3.78. The highest BCUT2D eigenvalue weighted by molar-refractivity contribution is 5.75. The number of aromatic nitrogens is 1. The Balaban J connectivity index is 1.42. The van der Waals surface area contributed by atoms with Gasteiger partial charge in [0.1, 0.15) is 17.2 Å². The highest BCUT2D eigenvalue weighted by Gasteiger charge is 2.27. The van der Waals surface area contributed by atoms with E-state index in [0.29, 0.717) is 44.4 Å². The van der Waals surface area contributed by atoms with Crippen molar-refractivity contribution >= 4 is 12.1 Å². The number of pyridine rings is 1. The van der Waals surface area contributed by atoms with Gasteiger partial charge in [0.05, 0.1) is 0 Å². The van der Waals surface area contributed by atoms with Crippen molar-refractivity contribution in [1.82, 2.24) is 20.1 Å². The zero-order chi connectivity index (χ0) is 22.4. The largest absolute Gasteiger partial charge is 0.444 e. The van der Waals surface area contributed by atoms with E-state index in [2.05, 4.69) is 10.3 Å². The normalized spacial score (nSPS) is 14.2. The molecule has 0 bridgehead atoms. The highest BCUT2D eigenvalue weighted by Crippen LogP contribution is 2.19. The Morgan fingerprint density at radius 2 is 1.68 bits per heavy atom. The second kappa shape index (κ2) is 9.63. The van der Waals surface area contributed by atoms with Crippen molar-refractivity contribution < 1.29 is 23.5 Å².